The number of para-hydroxylation sites is 1. The highest BCUT2D eigenvalue weighted by Gasteiger charge is 2.21. The zero-order valence-electron chi connectivity index (χ0n) is 12.2. The Morgan fingerprint density at radius 1 is 1.45 bits per heavy atom. The van der Waals surface area contributed by atoms with Gasteiger partial charge in [0.15, 0.2) is 5.75 Å². The fraction of sp³-hybridized carbons (Fsp3) is 0.571. The topological polar surface area (TPSA) is 64.4 Å². The molecule has 0 fully saturated rings. The number of ether oxygens (including phenoxy) is 1. The molecule has 20 heavy (non-hydrogen) atoms. The number of nitrogens with one attached hydrogen (secondary N) is 1. The maximum atomic E-state index is 11.3. The first-order valence-corrected chi connectivity index (χ1v) is 8.00. The molecule has 1 aromatic rings. The van der Waals surface area contributed by atoms with Crippen molar-refractivity contribution in [2.24, 2.45) is 0 Å². The Kier molecular flexibility index (Phi) is 7.22. The summed E-state index contributed by atoms with van der Waals surface area (Å²) in [5.74, 6) is 2.28. The Morgan fingerprint density at radius 2 is 2.20 bits per heavy atom. The predicted molar refractivity (Wildman–Crippen MR) is 85.0 cm³/mol. The summed E-state index contributed by atoms with van der Waals surface area (Å²) >= 11 is 1.80. The molecular weight excluding hydrogens is 276 g/mol. The summed E-state index contributed by atoms with van der Waals surface area (Å²) in [6, 6.07) is 5.31. The SMILES string of the molecule is CCCOc1cccc(NC(C)CSCC)c1[N+](=O)[O-]. The number of benzene rings is 1. The van der Waals surface area contributed by atoms with Crippen LogP contribution < -0.4 is 10.1 Å². The minimum absolute atomic E-state index is 0.0225. The molecule has 0 aliphatic heterocycles. The second-order valence-corrected chi connectivity index (χ2v) is 5.78. The molecule has 0 heterocycles. The first-order valence-electron chi connectivity index (χ1n) is 6.84. The molecule has 1 rings (SSSR count). The van der Waals surface area contributed by atoms with Gasteiger partial charge >= 0.3 is 5.69 Å². The molecule has 1 N–H and O–H groups in total. The van der Waals surface area contributed by atoms with Gasteiger partial charge in [0.25, 0.3) is 0 Å². The van der Waals surface area contributed by atoms with Crippen LogP contribution in [0.25, 0.3) is 0 Å². The Bertz CT molecular complexity index is 440. The summed E-state index contributed by atoms with van der Waals surface area (Å²) in [5.41, 5.74) is 0.544. The fourth-order valence-corrected chi connectivity index (χ4v) is 2.43. The monoisotopic (exact) mass is 298 g/mol. The van der Waals surface area contributed by atoms with Crippen LogP contribution in [0.5, 0.6) is 5.75 Å². The van der Waals surface area contributed by atoms with Crippen molar-refractivity contribution in [2.45, 2.75) is 33.2 Å². The van der Waals surface area contributed by atoms with Gasteiger partial charge in [-0.2, -0.15) is 11.8 Å². The lowest BCUT2D eigenvalue weighted by molar-refractivity contribution is -0.385. The quantitative estimate of drug-likeness (QED) is 0.552. The van der Waals surface area contributed by atoms with Crippen LogP contribution in [0, 0.1) is 10.1 Å². The van der Waals surface area contributed by atoms with Gasteiger partial charge in [0.1, 0.15) is 5.69 Å². The molecule has 0 aliphatic carbocycles. The molecule has 0 saturated heterocycles. The van der Waals surface area contributed by atoms with Crippen LogP contribution in [0.2, 0.25) is 0 Å². The number of anilines is 1. The van der Waals surface area contributed by atoms with E-state index in [4.69, 9.17) is 4.74 Å². The van der Waals surface area contributed by atoms with Crippen LogP contribution in [0.3, 0.4) is 0 Å². The van der Waals surface area contributed by atoms with Crippen molar-refractivity contribution in [3.05, 3.63) is 28.3 Å². The number of thioether (sulfide) groups is 1. The summed E-state index contributed by atoms with van der Waals surface area (Å²) in [6.45, 7) is 6.56. The molecule has 0 aliphatic rings. The molecule has 0 amide bonds. The Balaban J connectivity index is 2.91. The zero-order valence-corrected chi connectivity index (χ0v) is 13.0. The minimum Gasteiger partial charge on any atom is -0.487 e. The smallest absolute Gasteiger partial charge is 0.333 e. The Hall–Kier alpha value is -1.43. The Labute approximate surface area is 124 Å². The van der Waals surface area contributed by atoms with Gasteiger partial charge < -0.3 is 10.1 Å². The maximum Gasteiger partial charge on any atom is 0.333 e. The summed E-state index contributed by atoms with van der Waals surface area (Å²) in [6.07, 6.45) is 0.818. The van der Waals surface area contributed by atoms with E-state index in [1.165, 1.54) is 0 Å². The molecule has 0 radical (unpaired) electrons. The highest BCUT2D eigenvalue weighted by molar-refractivity contribution is 7.99. The van der Waals surface area contributed by atoms with Crippen LogP contribution in [-0.4, -0.2) is 29.1 Å². The predicted octanol–water partition coefficient (Wildman–Crippen LogP) is 3.94. The van der Waals surface area contributed by atoms with Gasteiger partial charge in [-0.15, -0.1) is 0 Å². The normalized spacial score (nSPS) is 11.9. The van der Waals surface area contributed by atoms with Crippen LogP contribution in [0.1, 0.15) is 27.2 Å². The van der Waals surface area contributed by atoms with Crippen molar-refractivity contribution in [1.82, 2.24) is 0 Å². The van der Waals surface area contributed by atoms with E-state index >= 15 is 0 Å². The summed E-state index contributed by atoms with van der Waals surface area (Å²) in [5, 5.41) is 14.5. The average molecular weight is 298 g/mol. The number of hydrogen-bond acceptors (Lipinski definition) is 5. The van der Waals surface area contributed by atoms with Gasteiger partial charge in [-0.25, -0.2) is 0 Å². The molecule has 5 nitrogen and oxygen atoms in total. The van der Waals surface area contributed by atoms with Crippen LogP contribution in [-0.2, 0) is 0 Å². The van der Waals surface area contributed by atoms with Crippen LogP contribution >= 0.6 is 11.8 Å². The minimum atomic E-state index is -0.382. The second-order valence-electron chi connectivity index (χ2n) is 4.46. The third kappa shape index (κ3) is 4.92. The van der Waals surface area contributed by atoms with E-state index < -0.39 is 0 Å². The number of nitro benzene ring substituents is 1. The van der Waals surface area contributed by atoms with Gasteiger partial charge in [-0.1, -0.05) is 19.9 Å². The maximum absolute atomic E-state index is 11.3. The number of rotatable bonds is 9. The van der Waals surface area contributed by atoms with Gasteiger partial charge in [0, 0.05) is 11.8 Å². The zero-order chi connectivity index (χ0) is 15.0. The van der Waals surface area contributed by atoms with Gasteiger partial charge in [-0.05, 0) is 31.2 Å². The molecule has 0 saturated carbocycles. The molecular formula is C14H22N2O3S. The third-order valence-electron chi connectivity index (χ3n) is 2.62. The lowest BCUT2D eigenvalue weighted by Crippen LogP contribution is -2.19. The molecule has 6 heteroatoms. The fourth-order valence-electron chi connectivity index (χ4n) is 1.76. The van der Waals surface area contributed by atoms with Gasteiger partial charge in [-0.3, -0.25) is 10.1 Å². The molecule has 1 aromatic carbocycles. The molecule has 112 valence electrons. The van der Waals surface area contributed by atoms with Crippen molar-refractivity contribution < 1.29 is 9.66 Å². The average Bonchev–Trinajstić information content (AvgIpc) is 2.42. The van der Waals surface area contributed by atoms with E-state index in [2.05, 4.69) is 12.2 Å². The number of nitrogens with zero attached hydrogens (tertiary/aromatic N) is 1. The molecule has 1 atom stereocenters. The second kappa shape index (κ2) is 8.68. The van der Waals surface area contributed by atoms with Crippen molar-refractivity contribution in [3.63, 3.8) is 0 Å². The van der Waals surface area contributed by atoms with E-state index in [0.29, 0.717) is 18.0 Å². The van der Waals surface area contributed by atoms with Crippen LogP contribution in [0.4, 0.5) is 11.4 Å². The summed E-state index contributed by atoms with van der Waals surface area (Å²) in [7, 11) is 0. The van der Waals surface area contributed by atoms with Crippen LogP contribution in [0.15, 0.2) is 18.2 Å². The lowest BCUT2D eigenvalue weighted by atomic mass is 10.2. The van der Waals surface area contributed by atoms with Gasteiger partial charge in [0.2, 0.25) is 0 Å². The van der Waals surface area contributed by atoms with E-state index in [0.717, 1.165) is 17.9 Å². The van der Waals surface area contributed by atoms with Crippen molar-refractivity contribution in [2.75, 3.05) is 23.4 Å². The van der Waals surface area contributed by atoms with E-state index in [1.807, 2.05) is 13.8 Å². The lowest BCUT2D eigenvalue weighted by Gasteiger charge is -2.16. The first kappa shape index (κ1) is 16.6. The highest BCUT2D eigenvalue weighted by Crippen LogP contribution is 2.35. The largest absolute Gasteiger partial charge is 0.487 e. The van der Waals surface area contributed by atoms with Crippen molar-refractivity contribution in [3.8, 4) is 5.75 Å². The van der Waals surface area contributed by atoms with E-state index in [1.54, 1.807) is 30.0 Å². The van der Waals surface area contributed by atoms with Gasteiger partial charge in [0.05, 0.1) is 11.5 Å². The summed E-state index contributed by atoms with van der Waals surface area (Å²) in [4.78, 5) is 10.9. The van der Waals surface area contributed by atoms with E-state index in [-0.39, 0.29) is 16.7 Å². The van der Waals surface area contributed by atoms with Crippen molar-refractivity contribution in [1.29, 1.82) is 0 Å². The number of hydrogen-bond donors (Lipinski definition) is 1. The standard InChI is InChI=1S/C14H22N2O3S/c1-4-9-19-13-8-6-7-12(14(13)16(17)18)15-11(3)10-20-5-2/h6-8,11,15H,4-5,9-10H2,1-3H3. The highest BCUT2D eigenvalue weighted by atomic mass is 32.2. The molecule has 0 aromatic heterocycles. The molecule has 0 spiro atoms. The van der Waals surface area contributed by atoms with Crippen molar-refractivity contribution >= 4 is 23.1 Å². The summed E-state index contributed by atoms with van der Waals surface area (Å²) < 4.78 is 5.46. The van der Waals surface area contributed by atoms with E-state index in [9.17, 15) is 10.1 Å². The first-order chi connectivity index (χ1) is 9.60. The Morgan fingerprint density at radius 3 is 2.80 bits per heavy atom. The molecule has 0 bridgehead atoms. The third-order valence-corrected chi connectivity index (χ3v) is 3.76. The molecule has 1 unspecified atom stereocenters. The number of nitro groups is 1.